The lowest BCUT2D eigenvalue weighted by atomic mass is 9.91. The van der Waals surface area contributed by atoms with E-state index in [1.54, 1.807) is 18.2 Å². The number of aromatic hydroxyl groups is 1. The summed E-state index contributed by atoms with van der Waals surface area (Å²) in [6.45, 7) is 5.84. The van der Waals surface area contributed by atoms with Gasteiger partial charge in [0, 0.05) is 5.56 Å². The Bertz CT molecular complexity index is 797. The van der Waals surface area contributed by atoms with Crippen LogP contribution in [0, 0.1) is 6.92 Å². The minimum Gasteiger partial charge on any atom is -0.507 e. The number of fused-ring (bicyclic) bond motifs is 1. The molecule has 2 aromatic rings. The molecule has 0 atom stereocenters. The van der Waals surface area contributed by atoms with E-state index in [-0.39, 0.29) is 11.5 Å². The highest BCUT2D eigenvalue weighted by Crippen LogP contribution is 2.37. The van der Waals surface area contributed by atoms with Gasteiger partial charge in [0.2, 0.25) is 0 Å². The molecule has 2 rings (SSSR count). The molecule has 0 saturated carbocycles. The lowest BCUT2D eigenvalue weighted by Gasteiger charge is -2.16. The fourth-order valence-corrected chi connectivity index (χ4v) is 3.11. The van der Waals surface area contributed by atoms with Crippen molar-refractivity contribution in [3.63, 3.8) is 0 Å². The van der Waals surface area contributed by atoms with Crippen LogP contribution in [-0.4, -0.2) is 13.5 Å². The summed E-state index contributed by atoms with van der Waals surface area (Å²) in [7, 11) is -4.06. The zero-order chi connectivity index (χ0) is 15.8. The molecule has 0 aliphatic carbocycles. The van der Waals surface area contributed by atoms with Crippen LogP contribution in [0.5, 0.6) is 11.5 Å². The van der Waals surface area contributed by atoms with Gasteiger partial charge in [-0.15, -0.1) is 0 Å². The first-order valence-electron chi connectivity index (χ1n) is 6.77. The van der Waals surface area contributed by atoms with Gasteiger partial charge in [-0.05, 0) is 53.8 Å². The van der Waals surface area contributed by atoms with Crippen molar-refractivity contribution in [1.82, 2.24) is 0 Å². The van der Waals surface area contributed by atoms with Crippen molar-refractivity contribution < 1.29 is 17.7 Å². The molecule has 21 heavy (non-hydrogen) atoms. The fraction of sp³-hybridized carbons (Fsp3) is 0.333. The van der Waals surface area contributed by atoms with Crippen LogP contribution in [0.4, 0.5) is 0 Å². The smallest absolute Gasteiger partial charge is 0.380 e. The van der Waals surface area contributed by atoms with E-state index in [0.717, 1.165) is 33.9 Å². The number of hydrogen-bond acceptors (Lipinski definition) is 4. The summed E-state index contributed by atoms with van der Waals surface area (Å²) in [5, 5.41) is 17.0. The number of phenolic OH excluding ortho intramolecular Hbond substituents is 1. The number of phenols is 1. The number of rotatable bonds is 4. The highest BCUT2D eigenvalue weighted by atomic mass is 32.2. The first kappa shape index (κ1) is 15.6. The van der Waals surface area contributed by atoms with Crippen LogP contribution in [-0.2, 0) is 23.1 Å². The zero-order valence-corrected chi connectivity index (χ0v) is 13.1. The van der Waals surface area contributed by atoms with Gasteiger partial charge in [0.05, 0.1) is 0 Å². The van der Waals surface area contributed by atoms with Crippen molar-refractivity contribution in [3.05, 3.63) is 34.9 Å². The third kappa shape index (κ3) is 2.96. The highest BCUT2D eigenvalue weighted by molar-refractivity contribution is 7.84. The molecule has 6 heteroatoms. The Balaban J connectivity index is 2.79. The third-order valence-electron chi connectivity index (χ3n) is 3.65. The molecule has 0 spiro atoms. The average Bonchev–Trinajstić information content (AvgIpc) is 2.39. The van der Waals surface area contributed by atoms with E-state index < -0.39 is 10.3 Å². The van der Waals surface area contributed by atoms with Gasteiger partial charge in [-0.3, -0.25) is 0 Å². The Kier molecular flexibility index (Phi) is 4.11. The topological polar surface area (TPSA) is 89.6 Å². The van der Waals surface area contributed by atoms with Crippen LogP contribution >= 0.6 is 0 Å². The van der Waals surface area contributed by atoms with Gasteiger partial charge in [-0.2, -0.15) is 13.6 Å². The summed E-state index contributed by atoms with van der Waals surface area (Å²) in [6, 6.07) is 4.99. The molecule has 114 valence electrons. The Morgan fingerprint density at radius 3 is 2.29 bits per heavy atom. The first-order chi connectivity index (χ1) is 9.78. The number of hydrogen-bond donors (Lipinski definition) is 2. The van der Waals surface area contributed by atoms with Crippen LogP contribution in [0.25, 0.3) is 10.8 Å². The van der Waals surface area contributed by atoms with Crippen LogP contribution < -0.4 is 9.32 Å². The molecule has 2 aromatic carbocycles. The van der Waals surface area contributed by atoms with Crippen molar-refractivity contribution in [2.24, 2.45) is 5.14 Å². The second-order valence-corrected chi connectivity index (χ2v) is 6.07. The molecule has 0 fully saturated rings. The van der Waals surface area contributed by atoms with E-state index in [1.807, 2.05) is 20.8 Å². The van der Waals surface area contributed by atoms with Crippen molar-refractivity contribution in [2.45, 2.75) is 33.6 Å². The molecular weight excluding hydrogens is 290 g/mol. The van der Waals surface area contributed by atoms with Crippen molar-refractivity contribution in [1.29, 1.82) is 0 Å². The second kappa shape index (κ2) is 5.54. The summed E-state index contributed by atoms with van der Waals surface area (Å²) < 4.78 is 26.8. The fourth-order valence-electron chi connectivity index (χ4n) is 2.73. The van der Waals surface area contributed by atoms with E-state index in [1.165, 1.54) is 0 Å². The maximum atomic E-state index is 11.0. The molecule has 5 nitrogen and oxygen atoms in total. The minimum absolute atomic E-state index is 0.144. The quantitative estimate of drug-likeness (QED) is 0.908. The van der Waals surface area contributed by atoms with Gasteiger partial charge in [0.15, 0.2) is 0 Å². The predicted molar refractivity (Wildman–Crippen MR) is 82.8 cm³/mol. The third-order valence-corrected chi connectivity index (χ3v) is 4.08. The van der Waals surface area contributed by atoms with E-state index in [0.29, 0.717) is 6.42 Å². The standard InChI is InChI=1S/C15H19NO4S/c1-4-11-9(3)15(17)12(5-2)14-8-10(6-7-13(11)14)20-21(16,18)19/h6-8,17H,4-5H2,1-3H3,(H2,16,18,19). The summed E-state index contributed by atoms with van der Waals surface area (Å²) in [6.07, 6.45) is 1.40. The van der Waals surface area contributed by atoms with Crippen LogP contribution in [0.15, 0.2) is 18.2 Å². The van der Waals surface area contributed by atoms with Crippen LogP contribution in [0.2, 0.25) is 0 Å². The van der Waals surface area contributed by atoms with Crippen molar-refractivity contribution in [3.8, 4) is 11.5 Å². The van der Waals surface area contributed by atoms with E-state index >= 15 is 0 Å². The van der Waals surface area contributed by atoms with Crippen LogP contribution in [0.1, 0.15) is 30.5 Å². The Morgan fingerprint density at radius 2 is 1.76 bits per heavy atom. The summed E-state index contributed by atoms with van der Waals surface area (Å²) in [5.74, 6) is 0.402. The Hall–Kier alpha value is -1.79. The van der Waals surface area contributed by atoms with Gasteiger partial charge in [-0.25, -0.2) is 0 Å². The summed E-state index contributed by atoms with van der Waals surface area (Å²) in [4.78, 5) is 0. The van der Waals surface area contributed by atoms with Gasteiger partial charge in [0.25, 0.3) is 0 Å². The summed E-state index contributed by atoms with van der Waals surface area (Å²) in [5.41, 5.74) is 2.68. The number of benzene rings is 2. The number of nitrogens with two attached hydrogens (primary N) is 1. The van der Waals surface area contributed by atoms with Crippen LogP contribution in [0.3, 0.4) is 0 Å². The second-order valence-electron chi connectivity index (χ2n) is 4.92. The highest BCUT2D eigenvalue weighted by Gasteiger charge is 2.16. The van der Waals surface area contributed by atoms with Gasteiger partial charge in [0.1, 0.15) is 11.5 Å². The SMILES string of the molecule is CCc1c(C)c(O)c(CC)c2cc(OS(N)(=O)=O)ccc12. The molecule has 0 aromatic heterocycles. The Labute approximate surface area is 124 Å². The number of aryl methyl sites for hydroxylation is 2. The lowest BCUT2D eigenvalue weighted by molar-refractivity contribution is 0.465. The minimum atomic E-state index is -4.06. The molecule has 0 saturated heterocycles. The monoisotopic (exact) mass is 309 g/mol. The summed E-state index contributed by atoms with van der Waals surface area (Å²) >= 11 is 0. The van der Waals surface area contributed by atoms with Gasteiger partial charge >= 0.3 is 10.3 Å². The molecular formula is C15H19NO4S. The maximum Gasteiger partial charge on any atom is 0.380 e. The molecule has 0 amide bonds. The predicted octanol–water partition coefficient (Wildman–Crippen LogP) is 2.56. The maximum absolute atomic E-state index is 11.0. The average molecular weight is 309 g/mol. The molecule has 0 heterocycles. The molecule has 0 aliphatic rings. The lowest BCUT2D eigenvalue weighted by Crippen LogP contribution is -2.18. The van der Waals surface area contributed by atoms with E-state index in [9.17, 15) is 13.5 Å². The van der Waals surface area contributed by atoms with Crippen molar-refractivity contribution in [2.75, 3.05) is 0 Å². The molecule has 0 radical (unpaired) electrons. The van der Waals surface area contributed by atoms with Gasteiger partial charge < -0.3 is 9.29 Å². The van der Waals surface area contributed by atoms with E-state index in [4.69, 9.17) is 9.32 Å². The molecule has 0 aliphatic heterocycles. The zero-order valence-electron chi connectivity index (χ0n) is 12.3. The first-order valence-corrected chi connectivity index (χ1v) is 8.24. The largest absolute Gasteiger partial charge is 0.507 e. The molecule has 0 unspecified atom stereocenters. The Morgan fingerprint density at radius 1 is 1.14 bits per heavy atom. The van der Waals surface area contributed by atoms with E-state index in [2.05, 4.69) is 0 Å². The van der Waals surface area contributed by atoms with Gasteiger partial charge in [-0.1, -0.05) is 19.9 Å². The normalized spacial score (nSPS) is 11.8. The van der Waals surface area contributed by atoms with Crippen molar-refractivity contribution >= 4 is 21.1 Å². The molecule has 3 N–H and O–H groups in total. The molecule has 0 bridgehead atoms.